The average Bonchev–Trinajstić information content (AvgIpc) is 2.18. The molecule has 0 spiro atoms. The summed E-state index contributed by atoms with van der Waals surface area (Å²) in [4.78, 5) is 0. The summed E-state index contributed by atoms with van der Waals surface area (Å²) in [5.41, 5.74) is 8.60. The Morgan fingerprint density at radius 2 is 2.07 bits per heavy atom. The number of nitrogens with two attached hydrogens (primary N) is 1. The van der Waals surface area contributed by atoms with E-state index >= 15 is 0 Å². The molecule has 3 heteroatoms. The monoisotopic (exact) mass is 208 g/mol. The Morgan fingerprint density at radius 3 is 2.60 bits per heavy atom. The van der Waals surface area contributed by atoms with Crippen LogP contribution in [0.5, 0.6) is 0 Å². The second kappa shape index (κ2) is 5.03. The predicted molar refractivity (Wildman–Crippen MR) is 64.9 cm³/mol. The molecule has 0 heterocycles. The van der Waals surface area contributed by atoms with Crippen LogP contribution >= 0.6 is 0 Å². The number of aliphatic hydroxyl groups excluding tert-OH is 1. The lowest BCUT2D eigenvalue weighted by Crippen LogP contribution is -2.29. The first-order valence-corrected chi connectivity index (χ1v) is 5.28. The smallest absolute Gasteiger partial charge is 0.0635 e. The zero-order valence-electron chi connectivity index (χ0n) is 9.62. The minimum Gasteiger partial charge on any atom is -0.399 e. The first-order chi connectivity index (χ1) is 7.04. The van der Waals surface area contributed by atoms with Crippen molar-refractivity contribution in [3.05, 3.63) is 23.8 Å². The van der Waals surface area contributed by atoms with Crippen molar-refractivity contribution in [1.82, 2.24) is 0 Å². The van der Waals surface area contributed by atoms with E-state index in [1.54, 1.807) is 0 Å². The maximum Gasteiger partial charge on any atom is 0.0635 e. The van der Waals surface area contributed by atoms with Crippen LogP contribution in [0.15, 0.2) is 18.2 Å². The number of benzene rings is 1. The molecule has 0 aliphatic carbocycles. The van der Waals surface area contributed by atoms with E-state index in [0.717, 1.165) is 16.9 Å². The summed E-state index contributed by atoms with van der Waals surface area (Å²) in [6.07, 6.45) is 0. The summed E-state index contributed by atoms with van der Waals surface area (Å²) in [6, 6.07) is 5.84. The van der Waals surface area contributed by atoms with Crippen LogP contribution in [0.4, 0.5) is 11.4 Å². The standard InChI is InChI=1S/C12H20N2O/c1-8(2)12(7-15)14-11-6-10(13)5-4-9(11)3/h4-6,8,12,14-15H,7,13H2,1-3H3/t12-/m1/s1. The Kier molecular flexibility index (Phi) is 3.97. The molecule has 84 valence electrons. The maximum absolute atomic E-state index is 9.22. The van der Waals surface area contributed by atoms with Crippen LogP contribution in [-0.2, 0) is 0 Å². The Morgan fingerprint density at radius 1 is 1.40 bits per heavy atom. The molecule has 0 aliphatic heterocycles. The van der Waals surface area contributed by atoms with Crippen molar-refractivity contribution in [3.8, 4) is 0 Å². The predicted octanol–water partition coefficient (Wildman–Crippen LogP) is 2.01. The highest BCUT2D eigenvalue weighted by Crippen LogP contribution is 2.20. The van der Waals surface area contributed by atoms with Crippen LogP contribution in [0.25, 0.3) is 0 Å². The van der Waals surface area contributed by atoms with Gasteiger partial charge < -0.3 is 16.2 Å². The quantitative estimate of drug-likeness (QED) is 0.663. The molecule has 0 bridgehead atoms. The first kappa shape index (κ1) is 11.9. The van der Waals surface area contributed by atoms with E-state index in [9.17, 15) is 5.11 Å². The lowest BCUT2D eigenvalue weighted by Gasteiger charge is -2.22. The van der Waals surface area contributed by atoms with Gasteiger partial charge in [-0.3, -0.25) is 0 Å². The number of anilines is 2. The van der Waals surface area contributed by atoms with E-state index in [2.05, 4.69) is 19.2 Å². The van der Waals surface area contributed by atoms with E-state index in [-0.39, 0.29) is 12.6 Å². The number of rotatable bonds is 4. The molecular formula is C12H20N2O. The van der Waals surface area contributed by atoms with Crippen molar-refractivity contribution < 1.29 is 5.11 Å². The van der Waals surface area contributed by atoms with Crippen LogP contribution < -0.4 is 11.1 Å². The SMILES string of the molecule is Cc1ccc(N)cc1N[C@H](CO)C(C)C. The molecule has 1 aromatic rings. The fourth-order valence-electron chi connectivity index (χ4n) is 1.42. The van der Waals surface area contributed by atoms with E-state index in [0.29, 0.717) is 5.92 Å². The molecule has 1 aromatic carbocycles. The lowest BCUT2D eigenvalue weighted by atomic mass is 10.0. The highest BCUT2D eigenvalue weighted by molar-refractivity contribution is 5.59. The van der Waals surface area contributed by atoms with Crippen molar-refractivity contribution in [1.29, 1.82) is 0 Å². The van der Waals surface area contributed by atoms with E-state index < -0.39 is 0 Å². The third kappa shape index (κ3) is 3.13. The minimum atomic E-state index is 0.0745. The summed E-state index contributed by atoms with van der Waals surface area (Å²) in [5.74, 6) is 0.385. The van der Waals surface area contributed by atoms with Crippen molar-refractivity contribution in [3.63, 3.8) is 0 Å². The van der Waals surface area contributed by atoms with Gasteiger partial charge in [-0.05, 0) is 30.5 Å². The largest absolute Gasteiger partial charge is 0.399 e. The summed E-state index contributed by atoms with van der Waals surface area (Å²) in [5, 5.41) is 12.5. The Labute approximate surface area is 91.3 Å². The summed E-state index contributed by atoms with van der Waals surface area (Å²) in [7, 11) is 0. The second-order valence-electron chi connectivity index (χ2n) is 4.25. The second-order valence-corrected chi connectivity index (χ2v) is 4.25. The fraction of sp³-hybridized carbons (Fsp3) is 0.500. The average molecular weight is 208 g/mol. The normalized spacial score (nSPS) is 12.9. The summed E-state index contributed by atoms with van der Waals surface area (Å²) >= 11 is 0. The number of aryl methyl sites for hydroxylation is 1. The molecule has 0 saturated heterocycles. The number of aliphatic hydroxyl groups is 1. The van der Waals surface area contributed by atoms with Crippen molar-refractivity contribution in [2.24, 2.45) is 5.92 Å². The highest BCUT2D eigenvalue weighted by Gasteiger charge is 2.12. The number of hydrogen-bond donors (Lipinski definition) is 3. The highest BCUT2D eigenvalue weighted by atomic mass is 16.3. The molecule has 0 amide bonds. The van der Waals surface area contributed by atoms with Gasteiger partial charge in [0, 0.05) is 11.4 Å². The molecule has 1 rings (SSSR count). The van der Waals surface area contributed by atoms with Crippen LogP contribution in [0.1, 0.15) is 19.4 Å². The third-order valence-electron chi connectivity index (χ3n) is 2.60. The van der Waals surface area contributed by atoms with Gasteiger partial charge in [-0.15, -0.1) is 0 Å². The Bertz CT molecular complexity index is 323. The Hall–Kier alpha value is -1.22. The molecule has 1 atom stereocenters. The van der Waals surface area contributed by atoms with Crippen LogP contribution in [0.3, 0.4) is 0 Å². The molecule has 0 unspecified atom stereocenters. The Balaban J connectivity index is 2.82. The fourth-order valence-corrected chi connectivity index (χ4v) is 1.42. The molecule has 4 N–H and O–H groups in total. The molecule has 0 saturated carbocycles. The first-order valence-electron chi connectivity index (χ1n) is 5.28. The molecule has 15 heavy (non-hydrogen) atoms. The van der Waals surface area contributed by atoms with E-state index in [1.807, 2.05) is 25.1 Å². The van der Waals surface area contributed by atoms with Crippen molar-refractivity contribution >= 4 is 11.4 Å². The van der Waals surface area contributed by atoms with Gasteiger partial charge >= 0.3 is 0 Å². The molecule has 3 nitrogen and oxygen atoms in total. The van der Waals surface area contributed by atoms with E-state index in [4.69, 9.17) is 5.73 Å². The number of nitrogens with one attached hydrogen (secondary N) is 1. The lowest BCUT2D eigenvalue weighted by molar-refractivity contribution is 0.249. The number of nitrogen functional groups attached to an aromatic ring is 1. The van der Waals surface area contributed by atoms with Crippen LogP contribution in [-0.4, -0.2) is 17.8 Å². The van der Waals surface area contributed by atoms with Gasteiger partial charge in [0.05, 0.1) is 12.6 Å². The zero-order valence-corrected chi connectivity index (χ0v) is 9.62. The van der Waals surface area contributed by atoms with Gasteiger partial charge in [-0.2, -0.15) is 0 Å². The van der Waals surface area contributed by atoms with Crippen molar-refractivity contribution in [2.45, 2.75) is 26.8 Å². The van der Waals surface area contributed by atoms with Gasteiger partial charge in [-0.1, -0.05) is 19.9 Å². The van der Waals surface area contributed by atoms with Gasteiger partial charge in [0.25, 0.3) is 0 Å². The van der Waals surface area contributed by atoms with Crippen LogP contribution in [0.2, 0.25) is 0 Å². The summed E-state index contributed by atoms with van der Waals surface area (Å²) in [6.45, 7) is 6.31. The van der Waals surface area contributed by atoms with Crippen LogP contribution in [0, 0.1) is 12.8 Å². The molecule has 0 aliphatic rings. The van der Waals surface area contributed by atoms with Gasteiger partial charge in [0.1, 0.15) is 0 Å². The molecule has 0 radical (unpaired) electrons. The third-order valence-corrected chi connectivity index (χ3v) is 2.60. The van der Waals surface area contributed by atoms with E-state index in [1.165, 1.54) is 0 Å². The molecule has 0 fully saturated rings. The zero-order chi connectivity index (χ0) is 11.4. The number of hydrogen-bond acceptors (Lipinski definition) is 3. The summed E-state index contributed by atoms with van der Waals surface area (Å²) < 4.78 is 0. The molecule has 0 aromatic heterocycles. The molecular weight excluding hydrogens is 188 g/mol. The topological polar surface area (TPSA) is 58.3 Å². The van der Waals surface area contributed by atoms with Crippen molar-refractivity contribution in [2.75, 3.05) is 17.7 Å². The van der Waals surface area contributed by atoms with Gasteiger partial charge in [-0.25, -0.2) is 0 Å². The van der Waals surface area contributed by atoms with Gasteiger partial charge in [0.15, 0.2) is 0 Å². The van der Waals surface area contributed by atoms with Gasteiger partial charge in [0.2, 0.25) is 0 Å². The maximum atomic E-state index is 9.22. The minimum absolute atomic E-state index is 0.0745.